The number of pyridine rings is 1. The Morgan fingerprint density at radius 3 is 2.57 bits per heavy atom. The zero-order valence-corrected chi connectivity index (χ0v) is 13.6. The number of aromatic nitrogens is 3. The van der Waals surface area contributed by atoms with E-state index in [2.05, 4.69) is 30.8 Å². The van der Waals surface area contributed by atoms with Gasteiger partial charge in [0, 0.05) is 44.0 Å². The molecule has 6 nitrogen and oxygen atoms in total. The lowest BCUT2D eigenvalue weighted by Crippen LogP contribution is -2.68. The maximum Gasteiger partial charge on any atom is 0.212 e. The molecule has 0 aromatic carbocycles. The number of rotatable bonds is 4. The van der Waals surface area contributed by atoms with Crippen LogP contribution in [0, 0.1) is 0 Å². The van der Waals surface area contributed by atoms with Crippen LogP contribution < -0.4 is 9.64 Å². The minimum atomic E-state index is 0.435. The van der Waals surface area contributed by atoms with Crippen LogP contribution in [0.1, 0.15) is 12.0 Å². The molecule has 2 bridgehead atoms. The molecule has 2 unspecified atom stereocenters. The van der Waals surface area contributed by atoms with E-state index in [9.17, 15) is 0 Å². The Hall–Kier alpha value is -1.92. The van der Waals surface area contributed by atoms with Crippen LogP contribution >= 0.6 is 11.6 Å². The Morgan fingerprint density at radius 1 is 1.13 bits per heavy atom. The van der Waals surface area contributed by atoms with Crippen molar-refractivity contribution in [3.05, 3.63) is 41.4 Å². The van der Waals surface area contributed by atoms with E-state index in [1.165, 1.54) is 12.0 Å². The highest BCUT2D eigenvalue weighted by Gasteiger charge is 2.44. The molecule has 5 rings (SSSR count). The summed E-state index contributed by atoms with van der Waals surface area (Å²) < 4.78 is 5.11. The van der Waals surface area contributed by atoms with Crippen LogP contribution in [0.2, 0.25) is 5.15 Å². The highest BCUT2D eigenvalue weighted by molar-refractivity contribution is 6.29. The molecule has 3 aliphatic heterocycles. The van der Waals surface area contributed by atoms with Gasteiger partial charge in [0.2, 0.25) is 5.88 Å². The van der Waals surface area contributed by atoms with Gasteiger partial charge in [-0.25, -0.2) is 15.0 Å². The summed E-state index contributed by atoms with van der Waals surface area (Å²) in [6.07, 6.45) is 6.51. The van der Waals surface area contributed by atoms with E-state index in [4.69, 9.17) is 16.3 Å². The van der Waals surface area contributed by atoms with Crippen LogP contribution in [0.15, 0.2) is 30.7 Å². The van der Waals surface area contributed by atoms with Gasteiger partial charge in [-0.1, -0.05) is 17.7 Å². The summed E-state index contributed by atoms with van der Waals surface area (Å²) in [6.45, 7) is 2.90. The SMILES string of the molecule is COc1ccc(CN2C3CC2CN(c2cnc(Cl)cn2)C3)cn1. The van der Waals surface area contributed by atoms with E-state index in [1.807, 2.05) is 12.3 Å². The molecule has 3 saturated heterocycles. The Balaban J connectivity index is 1.40. The average molecular weight is 332 g/mol. The fraction of sp³-hybridized carbons (Fsp3) is 0.438. The van der Waals surface area contributed by atoms with Crippen LogP contribution in [0.3, 0.4) is 0 Å². The molecule has 0 N–H and O–H groups in total. The predicted octanol–water partition coefficient (Wildman–Crippen LogP) is 2.00. The van der Waals surface area contributed by atoms with E-state index in [-0.39, 0.29) is 0 Å². The molecule has 0 amide bonds. The molecule has 0 spiro atoms. The van der Waals surface area contributed by atoms with Gasteiger partial charge in [0.05, 0.1) is 19.5 Å². The maximum atomic E-state index is 5.81. The van der Waals surface area contributed by atoms with Gasteiger partial charge in [0.15, 0.2) is 0 Å². The number of hydrogen-bond acceptors (Lipinski definition) is 6. The summed E-state index contributed by atoms with van der Waals surface area (Å²) in [5, 5.41) is 0.435. The molecule has 0 radical (unpaired) electrons. The van der Waals surface area contributed by atoms with Crippen LogP contribution in [0.4, 0.5) is 5.82 Å². The lowest BCUT2D eigenvalue weighted by Gasteiger charge is -2.56. The standard InChI is InChI=1S/C16H18ClN5O/c1-23-16-3-2-11(5-20-16)8-22-12-4-13(22)10-21(9-12)15-7-18-14(17)6-19-15/h2-3,5-7,12-13H,4,8-10H2,1H3. The monoisotopic (exact) mass is 331 g/mol. The molecule has 5 heterocycles. The number of ether oxygens (including phenoxy) is 1. The average Bonchev–Trinajstić information content (AvgIpc) is 2.61. The molecule has 2 aromatic rings. The summed E-state index contributed by atoms with van der Waals surface area (Å²) in [5.41, 5.74) is 1.22. The van der Waals surface area contributed by atoms with E-state index in [1.54, 1.807) is 19.5 Å². The number of piperidine rings is 1. The minimum Gasteiger partial charge on any atom is -0.481 e. The van der Waals surface area contributed by atoms with Crippen molar-refractivity contribution in [3.63, 3.8) is 0 Å². The van der Waals surface area contributed by atoms with E-state index in [0.29, 0.717) is 23.1 Å². The second-order valence-electron chi connectivity index (χ2n) is 6.03. The third-order valence-corrected chi connectivity index (χ3v) is 4.84. The normalized spacial score (nSPS) is 23.5. The van der Waals surface area contributed by atoms with Gasteiger partial charge in [-0.05, 0) is 12.0 Å². The van der Waals surface area contributed by atoms with Gasteiger partial charge in [0.25, 0.3) is 0 Å². The molecule has 0 aliphatic carbocycles. The van der Waals surface area contributed by atoms with Crippen molar-refractivity contribution < 1.29 is 4.74 Å². The Bertz CT molecular complexity index is 666. The number of anilines is 1. The number of piperazine rings is 1. The number of halogens is 1. The van der Waals surface area contributed by atoms with E-state index < -0.39 is 0 Å². The van der Waals surface area contributed by atoms with E-state index in [0.717, 1.165) is 25.5 Å². The lowest BCUT2D eigenvalue weighted by atomic mass is 9.87. The summed E-state index contributed by atoms with van der Waals surface area (Å²) in [4.78, 5) is 17.6. The second-order valence-corrected chi connectivity index (χ2v) is 6.41. The zero-order chi connectivity index (χ0) is 15.8. The number of fused-ring (bicyclic) bond motifs is 2. The van der Waals surface area contributed by atoms with Crippen LogP contribution in [0.5, 0.6) is 5.88 Å². The van der Waals surface area contributed by atoms with Crippen molar-refractivity contribution in [2.45, 2.75) is 25.0 Å². The first-order chi connectivity index (χ1) is 11.2. The smallest absolute Gasteiger partial charge is 0.212 e. The third kappa shape index (κ3) is 2.84. The fourth-order valence-corrected chi connectivity index (χ4v) is 3.53. The summed E-state index contributed by atoms with van der Waals surface area (Å²) in [6, 6.07) is 5.13. The minimum absolute atomic E-state index is 0.435. The van der Waals surface area contributed by atoms with Gasteiger partial charge in [-0.15, -0.1) is 0 Å². The van der Waals surface area contributed by atoms with Crippen molar-refractivity contribution in [1.29, 1.82) is 0 Å². The van der Waals surface area contributed by atoms with Crippen molar-refractivity contribution in [2.24, 2.45) is 0 Å². The predicted molar refractivity (Wildman–Crippen MR) is 87.8 cm³/mol. The Morgan fingerprint density at radius 2 is 1.96 bits per heavy atom. The van der Waals surface area contributed by atoms with Gasteiger partial charge in [-0.2, -0.15) is 0 Å². The molecule has 3 aliphatic rings. The van der Waals surface area contributed by atoms with Crippen LogP contribution in [-0.4, -0.2) is 52.1 Å². The topological polar surface area (TPSA) is 54.4 Å². The Labute approximate surface area is 140 Å². The number of hydrogen-bond donors (Lipinski definition) is 0. The van der Waals surface area contributed by atoms with Crippen LogP contribution in [-0.2, 0) is 6.54 Å². The Kier molecular flexibility index (Phi) is 3.79. The van der Waals surface area contributed by atoms with Crippen molar-refractivity contribution in [2.75, 3.05) is 25.1 Å². The maximum absolute atomic E-state index is 5.81. The van der Waals surface area contributed by atoms with E-state index >= 15 is 0 Å². The van der Waals surface area contributed by atoms with Crippen molar-refractivity contribution in [1.82, 2.24) is 19.9 Å². The number of methoxy groups -OCH3 is 1. The van der Waals surface area contributed by atoms with Gasteiger partial charge >= 0.3 is 0 Å². The first-order valence-electron chi connectivity index (χ1n) is 7.70. The third-order valence-electron chi connectivity index (χ3n) is 4.65. The van der Waals surface area contributed by atoms with Crippen molar-refractivity contribution >= 4 is 17.4 Å². The highest BCUT2D eigenvalue weighted by atomic mass is 35.5. The summed E-state index contributed by atoms with van der Waals surface area (Å²) in [7, 11) is 1.63. The molecule has 7 heteroatoms. The lowest BCUT2D eigenvalue weighted by molar-refractivity contribution is -0.00879. The van der Waals surface area contributed by atoms with Gasteiger partial charge in [-0.3, -0.25) is 4.90 Å². The largest absolute Gasteiger partial charge is 0.481 e. The molecule has 0 saturated carbocycles. The molecule has 2 aromatic heterocycles. The molecular formula is C16H18ClN5O. The van der Waals surface area contributed by atoms with Crippen molar-refractivity contribution in [3.8, 4) is 5.88 Å². The molecular weight excluding hydrogens is 314 g/mol. The summed E-state index contributed by atoms with van der Waals surface area (Å²) in [5.74, 6) is 1.57. The molecule has 120 valence electrons. The van der Waals surface area contributed by atoms with Gasteiger partial charge in [0.1, 0.15) is 11.0 Å². The molecule has 2 atom stereocenters. The number of nitrogens with zero attached hydrogens (tertiary/aromatic N) is 5. The molecule has 23 heavy (non-hydrogen) atoms. The zero-order valence-electron chi connectivity index (χ0n) is 12.9. The summed E-state index contributed by atoms with van der Waals surface area (Å²) >= 11 is 5.81. The molecule has 3 fully saturated rings. The fourth-order valence-electron chi connectivity index (χ4n) is 3.44. The highest BCUT2D eigenvalue weighted by Crippen LogP contribution is 2.35. The quantitative estimate of drug-likeness (QED) is 0.854. The van der Waals surface area contributed by atoms with Crippen LogP contribution in [0.25, 0.3) is 0 Å². The van der Waals surface area contributed by atoms with Gasteiger partial charge < -0.3 is 9.64 Å². The first-order valence-corrected chi connectivity index (χ1v) is 8.08. The first kappa shape index (κ1) is 14.7. The second kappa shape index (κ2) is 5.94.